The smallest absolute Gasteiger partial charge is 0.256 e. The van der Waals surface area contributed by atoms with Gasteiger partial charge in [-0.05, 0) is 62.3 Å². The summed E-state index contributed by atoms with van der Waals surface area (Å²) in [6.07, 6.45) is 6.42. The van der Waals surface area contributed by atoms with Crippen LogP contribution < -0.4 is 10.2 Å². The number of rotatable bonds is 6. The number of hydrogen-bond acceptors (Lipinski definition) is 3. The van der Waals surface area contributed by atoms with E-state index < -0.39 is 0 Å². The van der Waals surface area contributed by atoms with Crippen molar-refractivity contribution in [3.63, 3.8) is 0 Å². The lowest BCUT2D eigenvalue weighted by Gasteiger charge is -2.31. The molecular weight excluding hydrogens is 386 g/mol. The number of benzene rings is 2. The summed E-state index contributed by atoms with van der Waals surface area (Å²) in [5, 5.41) is 3.08. The van der Waals surface area contributed by atoms with Crippen molar-refractivity contribution in [2.45, 2.75) is 51.4 Å². The molecule has 1 atom stereocenters. The summed E-state index contributed by atoms with van der Waals surface area (Å²) in [5.41, 5.74) is 3.43. The minimum absolute atomic E-state index is 0.0287. The molecule has 0 aliphatic carbocycles. The Labute approximate surface area is 185 Å². The largest absolute Gasteiger partial charge is 0.371 e. The molecule has 2 amide bonds. The first-order chi connectivity index (χ1) is 15.2. The second-order valence-electron chi connectivity index (χ2n) is 8.64. The molecule has 5 heteroatoms. The van der Waals surface area contributed by atoms with Gasteiger partial charge in [-0.2, -0.15) is 0 Å². The van der Waals surface area contributed by atoms with Gasteiger partial charge in [-0.15, -0.1) is 0 Å². The summed E-state index contributed by atoms with van der Waals surface area (Å²) in [6, 6.07) is 15.7. The van der Waals surface area contributed by atoms with Crippen LogP contribution in [0.4, 0.5) is 11.4 Å². The molecule has 1 unspecified atom stereocenters. The number of nitrogens with zero attached hydrogens (tertiary/aromatic N) is 2. The van der Waals surface area contributed by atoms with Crippen LogP contribution in [0.2, 0.25) is 0 Å². The monoisotopic (exact) mass is 419 g/mol. The number of anilines is 2. The maximum atomic E-state index is 13.3. The lowest BCUT2D eigenvalue weighted by molar-refractivity contribution is -0.117. The Morgan fingerprint density at radius 2 is 1.58 bits per heavy atom. The second-order valence-corrected chi connectivity index (χ2v) is 8.64. The average Bonchev–Trinajstić information content (AvgIpc) is 3.35. The van der Waals surface area contributed by atoms with Crippen molar-refractivity contribution >= 4 is 23.2 Å². The maximum absolute atomic E-state index is 13.3. The number of nitrogens with one attached hydrogen (secondary N) is 1. The van der Waals surface area contributed by atoms with Crippen molar-refractivity contribution in [1.29, 1.82) is 0 Å². The average molecular weight is 420 g/mol. The molecule has 0 radical (unpaired) electrons. The second kappa shape index (κ2) is 9.99. The molecule has 2 aliphatic rings. The first-order valence-corrected chi connectivity index (χ1v) is 11.7. The molecule has 0 saturated carbocycles. The zero-order chi connectivity index (χ0) is 21.6. The Morgan fingerprint density at radius 3 is 2.26 bits per heavy atom. The minimum atomic E-state index is -0.208. The van der Waals surface area contributed by atoms with E-state index in [0.717, 1.165) is 69.5 Å². The molecule has 2 aromatic carbocycles. The summed E-state index contributed by atoms with van der Waals surface area (Å²) in [6.45, 7) is 5.64. The van der Waals surface area contributed by atoms with Gasteiger partial charge in [0, 0.05) is 37.6 Å². The van der Waals surface area contributed by atoms with Crippen LogP contribution >= 0.6 is 0 Å². The predicted octanol–water partition coefficient (Wildman–Crippen LogP) is 5.05. The zero-order valence-corrected chi connectivity index (χ0v) is 18.5. The normalized spacial score (nSPS) is 17.5. The highest BCUT2D eigenvalue weighted by molar-refractivity contribution is 6.03. The first kappa shape index (κ1) is 21.4. The summed E-state index contributed by atoms with van der Waals surface area (Å²) < 4.78 is 0. The van der Waals surface area contributed by atoms with Gasteiger partial charge >= 0.3 is 0 Å². The highest BCUT2D eigenvalue weighted by Gasteiger charge is 2.26. The Kier molecular flexibility index (Phi) is 6.90. The molecule has 2 aromatic rings. The van der Waals surface area contributed by atoms with E-state index in [-0.39, 0.29) is 17.7 Å². The fourth-order valence-corrected chi connectivity index (χ4v) is 4.77. The van der Waals surface area contributed by atoms with Crippen LogP contribution in [0.3, 0.4) is 0 Å². The SMILES string of the molecule is CCC(C(=O)Nc1ccc(N2CCCCC2)c(C(=O)N2CCCC2)c1)c1ccccc1. The van der Waals surface area contributed by atoms with Gasteiger partial charge < -0.3 is 15.1 Å². The van der Waals surface area contributed by atoms with Gasteiger partial charge in [0.25, 0.3) is 5.91 Å². The van der Waals surface area contributed by atoms with Crippen LogP contribution in [-0.2, 0) is 4.79 Å². The third kappa shape index (κ3) is 4.92. The number of carbonyl (C=O) groups excluding carboxylic acids is 2. The van der Waals surface area contributed by atoms with Crippen LogP contribution in [0.5, 0.6) is 0 Å². The van der Waals surface area contributed by atoms with Crippen LogP contribution in [-0.4, -0.2) is 42.9 Å². The van der Waals surface area contributed by atoms with Crippen molar-refractivity contribution < 1.29 is 9.59 Å². The molecule has 2 heterocycles. The first-order valence-electron chi connectivity index (χ1n) is 11.7. The molecule has 2 saturated heterocycles. The Hall–Kier alpha value is -2.82. The third-order valence-corrected chi connectivity index (χ3v) is 6.51. The van der Waals surface area contributed by atoms with Crippen LogP contribution in [0.25, 0.3) is 0 Å². The van der Waals surface area contributed by atoms with Gasteiger partial charge in [0.15, 0.2) is 0 Å². The molecule has 5 nitrogen and oxygen atoms in total. The molecule has 0 bridgehead atoms. The van der Waals surface area contributed by atoms with Crippen molar-refractivity contribution in [3.05, 3.63) is 59.7 Å². The summed E-state index contributed by atoms with van der Waals surface area (Å²) in [7, 11) is 0. The molecule has 0 aromatic heterocycles. The molecule has 31 heavy (non-hydrogen) atoms. The van der Waals surface area contributed by atoms with E-state index in [4.69, 9.17) is 0 Å². The lowest BCUT2D eigenvalue weighted by Crippen LogP contribution is -2.34. The van der Waals surface area contributed by atoms with E-state index >= 15 is 0 Å². The van der Waals surface area contributed by atoms with Crippen LogP contribution in [0.15, 0.2) is 48.5 Å². The zero-order valence-electron chi connectivity index (χ0n) is 18.5. The lowest BCUT2D eigenvalue weighted by atomic mass is 9.95. The molecule has 2 fully saturated rings. The van der Waals surface area contributed by atoms with Gasteiger partial charge in [0.05, 0.1) is 11.5 Å². The number of amides is 2. The van der Waals surface area contributed by atoms with E-state index in [1.54, 1.807) is 0 Å². The molecule has 164 valence electrons. The van der Waals surface area contributed by atoms with Crippen LogP contribution in [0, 0.1) is 0 Å². The van der Waals surface area contributed by atoms with Crippen molar-refractivity contribution in [2.24, 2.45) is 0 Å². The fraction of sp³-hybridized carbons (Fsp3) is 0.462. The number of piperidine rings is 1. The van der Waals surface area contributed by atoms with E-state index in [2.05, 4.69) is 10.2 Å². The van der Waals surface area contributed by atoms with E-state index in [1.165, 1.54) is 6.42 Å². The Balaban J connectivity index is 1.59. The molecule has 1 N–H and O–H groups in total. The Morgan fingerprint density at radius 1 is 0.903 bits per heavy atom. The summed E-state index contributed by atoms with van der Waals surface area (Å²) >= 11 is 0. The van der Waals surface area contributed by atoms with Crippen molar-refractivity contribution in [2.75, 3.05) is 36.4 Å². The van der Waals surface area contributed by atoms with Gasteiger partial charge in [-0.1, -0.05) is 37.3 Å². The van der Waals surface area contributed by atoms with E-state index in [9.17, 15) is 9.59 Å². The molecule has 4 rings (SSSR count). The quantitative estimate of drug-likeness (QED) is 0.713. The standard InChI is InChI=1S/C26H33N3O2/c1-2-22(20-11-5-3-6-12-20)25(30)27-21-13-14-24(28-15-7-4-8-16-28)23(19-21)26(31)29-17-9-10-18-29/h3,5-6,11-14,19,22H,2,4,7-10,15-18H2,1H3,(H,27,30). The van der Waals surface area contributed by atoms with Gasteiger partial charge in [0.1, 0.15) is 0 Å². The van der Waals surface area contributed by atoms with E-state index in [1.807, 2.05) is 60.4 Å². The third-order valence-electron chi connectivity index (χ3n) is 6.51. The summed E-state index contributed by atoms with van der Waals surface area (Å²) in [5.74, 6) is -0.149. The van der Waals surface area contributed by atoms with Gasteiger partial charge in [-0.25, -0.2) is 0 Å². The highest BCUT2D eigenvalue weighted by Crippen LogP contribution is 2.30. The van der Waals surface area contributed by atoms with Crippen molar-refractivity contribution in [3.8, 4) is 0 Å². The van der Waals surface area contributed by atoms with E-state index in [0.29, 0.717) is 11.3 Å². The highest BCUT2D eigenvalue weighted by atomic mass is 16.2. The minimum Gasteiger partial charge on any atom is -0.371 e. The topological polar surface area (TPSA) is 52.7 Å². The van der Waals surface area contributed by atoms with Gasteiger partial charge in [-0.3, -0.25) is 9.59 Å². The van der Waals surface area contributed by atoms with Gasteiger partial charge in [0.2, 0.25) is 5.91 Å². The molecule has 0 spiro atoms. The number of hydrogen-bond donors (Lipinski definition) is 1. The number of likely N-dealkylation sites (tertiary alicyclic amines) is 1. The van der Waals surface area contributed by atoms with Crippen molar-refractivity contribution in [1.82, 2.24) is 4.90 Å². The maximum Gasteiger partial charge on any atom is 0.256 e. The fourth-order valence-electron chi connectivity index (χ4n) is 4.77. The number of carbonyl (C=O) groups is 2. The molecule has 2 aliphatic heterocycles. The Bertz CT molecular complexity index is 900. The summed E-state index contributed by atoms with van der Waals surface area (Å²) in [4.78, 5) is 30.7. The van der Waals surface area contributed by atoms with Crippen LogP contribution in [0.1, 0.15) is 67.3 Å². The predicted molar refractivity (Wildman–Crippen MR) is 126 cm³/mol. The molecular formula is C26H33N3O2.